The third kappa shape index (κ3) is 4.82. The third-order valence-corrected chi connectivity index (χ3v) is 5.55. The highest BCUT2D eigenvalue weighted by Gasteiger charge is 2.18. The molecule has 0 atom stereocenters. The largest absolute Gasteiger partial charge is 0.497 e. The topological polar surface area (TPSA) is 69.9 Å². The molecule has 1 N–H and O–H groups in total. The van der Waals surface area contributed by atoms with Crippen molar-refractivity contribution in [2.24, 2.45) is 0 Å². The van der Waals surface area contributed by atoms with Gasteiger partial charge < -0.3 is 23.9 Å². The van der Waals surface area contributed by atoms with Gasteiger partial charge in [0.05, 0.1) is 27.6 Å². The highest BCUT2D eigenvalue weighted by atomic mass is 19.2. The maximum absolute atomic E-state index is 13.5. The Balaban J connectivity index is 1.75. The van der Waals surface area contributed by atoms with Crippen LogP contribution in [0.3, 0.4) is 0 Å². The standard InChI is InChI=1S/C27H23F2NO5/c1-15(9-27(31)30-16-5-7-22(28)23(29)10-16)18-12-20-21(14-35-26(20)13-25(18)34-4)19-11-17(32-2)6-8-24(19)33-3/h5-14H,1-4H3,(H,30,31)/b15-9+. The first kappa shape index (κ1) is 23.8. The number of amides is 1. The second-order valence-corrected chi connectivity index (χ2v) is 7.71. The van der Waals surface area contributed by atoms with E-state index in [4.69, 9.17) is 18.6 Å². The van der Waals surface area contributed by atoms with Crippen LogP contribution in [0, 0.1) is 11.6 Å². The summed E-state index contributed by atoms with van der Waals surface area (Å²) in [6.07, 6.45) is 2.98. The molecular weight excluding hydrogens is 456 g/mol. The third-order valence-electron chi connectivity index (χ3n) is 5.55. The van der Waals surface area contributed by atoms with Crippen LogP contribution in [0.25, 0.3) is 27.7 Å². The van der Waals surface area contributed by atoms with Gasteiger partial charge in [0.25, 0.3) is 0 Å². The van der Waals surface area contributed by atoms with E-state index in [1.54, 1.807) is 39.5 Å². The average molecular weight is 479 g/mol. The molecule has 0 saturated carbocycles. The summed E-state index contributed by atoms with van der Waals surface area (Å²) in [7, 11) is 4.69. The number of benzene rings is 3. The summed E-state index contributed by atoms with van der Waals surface area (Å²) < 4.78 is 48.8. The molecule has 8 heteroatoms. The summed E-state index contributed by atoms with van der Waals surface area (Å²) in [6.45, 7) is 1.75. The number of ether oxygens (including phenoxy) is 3. The lowest BCUT2D eigenvalue weighted by atomic mass is 9.98. The van der Waals surface area contributed by atoms with E-state index in [0.717, 1.165) is 28.6 Å². The highest BCUT2D eigenvalue weighted by Crippen LogP contribution is 2.41. The molecule has 1 aromatic heterocycles. The van der Waals surface area contributed by atoms with Crippen LogP contribution in [-0.4, -0.2) is 27.2 Å². The predicted molar refractivity (Wildman–Crippen MR) is 130 cm³/mol. The minimum atomic E-state index is -1.05. The fourth-order valence-corrected chi connectivity index (χ4v) is 3.79. The molecule has 35 heavy (non-hydrogen) atoms. The van der Waals surface area contributed by atoms with E-state index in [1.165, 1.54) is 19.3 Å². The van der Waals surface area contributed by atoms with E-state index in [1.807, 2.05) is 18.2 Å². The summed E-state index contributed by atoms with van der Waals surface area (Å²) in [5.41, 5.74) is 3.53. The van der Waals surface area contributed by atoms with E-state index in [-0.39, 0.29) is 5.69 Å². The Morgan fingerprint density at radius 3 is 2.34 bits per heavy atom. The van der Waals surface area contributed by atoms with Gasteiger partial charge in [0.1, 0.15) is 22.8 Å². The summed E-state index contributed by atoms with van der Waals surface area (Å²) >= 11 is 0. The molecule has 0 spiro atoms. The lowest BCUT2D eigenvalue weighted by Crippen LogP contribution is -2.09. The fourth-order valence-electron chi connectivity index (χ4n) is 3.79. The number of methoxy groups -OCH3 is 3. The molecule has 0 radical (unpaired) electrons. The van der Waals surface area contributed by atoms with E-state index in [9.17, 15) is 13.6 Å². The van der Waals surface area contributed by atoms with Crippen LogP contribution in [0.15, 0.2) is 65.3 Å². The Kier molecular flexibility index (Phi) is 6.73. The van der Waals surface area contributed by atoms with Gasteiger partial charge in [-0.25, -0.2) is 8.78 Å². The van der Waals surface area contributed by atoms with Crippen molar-refractivity contribution in [3.63, 3.8) is 0 Å². The first-order chi connectivity index (χ1) is 16.8. The number of carbonyl (C=O) groups excluding carboxylic acids is 1. The van der Waals surface area contributed by atoms with Crippen LogP contribution < -0.4 is 19.5 Å². The number of hydrogen-bond donors (Lipinski definition) is 1. The molecule has 1 amide bonds. The van der Waals surface area contributed by atoms with Crippen molar-refractivity contribution in [1.29, 1.82) is 0 Å². The van der Waals surface area contributed by atoms with Crippen LogP contribution >= 0.6 is 0 Å². The van der Waals surface area contributed by atoms with E-state index in [0.29, 0.717) is 34.0 Å². The van der Waals surface area contributed by atoms with Gasteiger partial charge in [0.15, 0.2) is 11.6 Å². The van der Waals surface area contributed by atoms with Gasteiger partial charge in [0.2, 0.25) is 5.91 Å². The number of carbonyl (C=O) groups is 1. The molecule has 4 aromatic rings. The molecule has 0 aliphatic rings. The van der Waals surface area contributed by atoms with E-state index < -0.39 is 17.5 Å². The first-order valence-corrected chi connectivity index (χ1v) is 10.6. The zero-order valence-corrected chi connectivity index (χ0v) is 19.6. The van der Waals surface area contributed by atoms with Gasteiger partial charge in [-0.3, -0.25) is 4.79 Å². The molecule has 0 aliphatic carbocycles. The van der Waals surface area contributed by atoms with Gasteiger partial charge in [-0.2, -0.15) is 0 Å². The SMILES string of the molecule is COc1ccc(OC)c(-c2coc3cc(OC)c(/C(C)=C/C(=O)Nc4ccc(F)c(F)c4)cc23)c1. The Morgan fingerprint density at radius 1 is 0.886 bits per heavy atom. The minimum absolute atomic E-state index is 0.141. The van der Waals surface area contributed by atoms with Gasteiger partial charge in [-0.05, 0) is 48.9 Å². The molecular formula is C27H23F2NO5. The van der Waals surface area contributed by atoms with Gasteiger partial charge in [-0.1, -0.05) is 0 Å². The van der Waals surface area contributed by atoms with Crippen molar-refractivity contribution in [1.82, 2.24) is 0 Å². The number of hydrogen-bond acceptors (Lipinski definition) is 5. The average Bonchev–Trinajstić information content (AvgIpc) is 3.27. The molecule has 4 rings (SSSR count). The van der Waals surface area contributed by atoms with Crippen LogP contribution in [0.5, 0.6) is 17.2 Å². The number of allylic oxidation sites excluding steroid dienone is 1. The number of nitrogens with one attached hydrogen (secondary N) is 1. The van der Waals surface area contributed by atoms with Crippen molar-refractivity contribution in [3.05, 3.63) is 78.1 Å². The number of fused-ring (bicyclic) bond motifs is 1. The Labute approximate surface area is 200 Å². The molecule has 0 unspecified atom stereocenters. The Hall–Kier alpha value is -4.33. The Bertz CT molecular complexity index is 1440. The number of furan rings is 1. The second kappa shape index (κ2) is 9.89. The van der Waals surface area contributed by atoms with Crippen molar-refractivity contribution >= 4 is 28.1 Å². The van der Waals surface area contributed by atoms with Crippen molar-refractivity contribution in [2.45, 2.75) is 6.92 Å². The van der Waals surface area contributed by atoms with Crippen LogP contribution in [0.4, 0.5) is 14.5 Å². The normalized spacial score (nSPS) is 11.4. The van der Waals surface area contributed by atoms with Crippen LogP contribution in [-0.2, 0) is 4.79 Å². The molecule has 0 aliphatic heterocycles. The summed E-state index contributed by atoms with van der Waals surface area (Å²) in [4.78, 5) is 12.6. The number of anilines is 1. The van der Waals surface area contributed by atoms with Crippen molar-refractivity contribution < 1.29 is 32.2 Å². The zero-order valence-electron chi connectivity index (χ0n) is 19.6. The molecule has 6 nitrogen and oxygen atoms in total. The number of halogens is 2. The van der Waals surface area contributed by atoms with Gasteiger partial charge in [0, 0.05) is 46.0 Å². The minimum Gasteiger partial charge on any atom is -0.497 e. The molecule has 1 heterocycles. The van der Waals surface area contributed by atoms with Gasteiger partial charge in [-0.15, -0.1) is 0 Å². The maximum Gasteiger partial charge on any atom is 0.248 e. The molecule has 0 fully saturated rings. The lowest BCUT2D eigenvalue weighted by Gasteiger charge is -2.12. The molecule has 0 saturated heterocycles. The second-order valence-electron chi connectivity index (χ2n) is 7.71. The van der Waals surface area contributed by atoms with Crippen LogP contribution in [0.2, 0.25) is 0 Å². The first-order valence-electron chi connectivity index (χ1n) is 10.6. The van der Waals surface area contributed by atoms with Crippen molar-refractivity contribution in [2.75, 3.05) is 26.6 Å². The summed E-state index contributed by atoms with van der Waals surface area (Å²) in [5, 5.41) is 3.31. The zero-order chi connectivity index (χ0) is 25.1. The fraction of sp³-hybridized carbons (Fsp3) is 0.148. The van der Waals surface area contributed by atoms with Crippen molar-refractivity contribution in [3.8, 4) is 28.4 Å². The summed E-state index contributed by atoms with van der Waals surface area (Å²) in [6, 6.07) is 12.2. The monoisotopic (exact) mass is 479 g/mol. The molecule has 0 bridgehead atoms. The Morgan fingerprint density at radius 2 is 1.66 bits per heavy atom. The van der Waals surface area contributed by atoms with Crippen LogP contribution in [0.1, 0.15) is 12.5 Å². The predicted octanol–water partition coefficient (Wildman–Crippen LogP) is 6.45. The molecule has 3 aromatic carbocycles. The molecule has 180 valence electrons. The van der Waals surface area contributed by atoms with Gasteiger partial charge >= 0.3 is 0 Å². The summed E-state index contributed by atoms with van der Waals surface area (Å²) in [5.74, 6) is -0.728. The van der Waals surface area contributed by atoms with E-state index in [2.05, 4.69) is 5.32 Å². The quantitative estimate of drug-likeness (QED) is 0.309. The van der Waals surface area contributed by atoms with E-state index >= 15 is 0 Å². The lowest BCUT2D eigenvalue weighted by molar-refractivity contribution is -0.111. The number of rotatable bonds is 7. The smallest absolute Gasteiger partial charge is 0.248 e. The highest BCUT2D eigenvalue weighted by molar-refractivity contribution is 6.05. The maximum atomic E-state index is 13.5.